The number of allylic oxidation sites excluding steroid dienone is 2. The maximum atomic E-state index is 14.2. The Bertz CT molecular complexity index is 848. The summed E-state index contributed by atoms with van der Waals surface area (Å²) in [6.45, 7) is 9.37. The van der Waals surface area contributed by atoms with E-state index in [1.807, 2.05) is 18.2 Å². The highest BCUT2D eigenvalue weighted by molar-refractivity contribution is 5.86. The topological polar surface area (TPSA) is 18.8 Å². The molecule has 160 valence electrons. The zero-order valence-electron chi connectivity index (χ0n) is 17.7. The first-order chi connectivity index (χ1) is 14.5. The zero-order valence-corrected chi connectivity index (χ0v) is 17.7. The third kappa shape index (κ3) is 4.56. The Hall–Kier alpha value is -2.27. The van der Waals surface area contributed by atoms with E-state index in [4.69, 9.17) is 4.99 Å². The molecule has 2 bridgehead atoms. The van der Waals surface area contributed by atoms with Crippen molar-refractivity contribution < 1.29 is 8.78 Å². The van der Waals surface area contributed by atoms with Crippen LogP contribution < -0.4 is 0 Å². The maximum Gasteiger partial charge on any atom is 0.123 e. The van der Waals surface area contributed by atoms with Crippen LogP contribution in [0, 0.1) is 5.82 Å². The van der Waals surface area contributed by atoms with Crippen molar-refractivity contribution in [1.29, 1.82) is 0 Å². The Morgan fingerprint density at radius 2 is 1.87 bits per heavy atom. The van der Waals surface area contributed by atoms with Crippen LogP contribution in [0.3, 0.4) is 0 Å². The van der Waals surface area contributed by atoms with E-state index in [2.05, 4.69) is 23.3 Å². The normalized spacial score (nSPS) is 29.6. The molecule has 4 rings (SSSR count). The summed E-state index contributed by atoms with van der Waals surface area (Å²) in [6.07, 6.45) is 9.17. The van der Waals surface area contributed by atoms with E-state index in [-0.39, 0.29) is 17.7 Å². The molecule has 2 atom stereocenters. The lowest BCUT2D eigenvalue weighted by atomic mass is 9.89. The molecule has 0 saturated carbocycles. The Morgan fingerprint density at radius 1 is 1.13 bits per heavy atom. The predicted molar refractivity (Wildman–Crippen MR) is 119 cm³/mol. The minimum absolute atomic E-state index is 0.00139. The summed E-state index contributed by atoms with van der Waals surface area (Å²) < 4.78 is 27.5. The van der Waals surface area contributed by atoms with Crippen LogP contribution in [0.2, 0.25) is 0 Å². The fourth-order valence-corrected chi connectivity index (χ4v) is 5.00. The van der Waals surface area contributed by atoms with E-state index < -0.39 is 0 Å². The van der Waals surface area contributed by atoms with Gasteiger partial charge in [-0.2, -0.15) is 0 Å². The summed E-state index contributed by atoms with van der Waals surface area (Å²) in [4.78, 5) is 9.60. The van der Waals surface area contributed by atoms with Crippen molar-refractivity contribution in [2.75, 3.05) is 26.2 Å². The summed E-state index contributed by atoms with van der Waals surface area (Å²) in [5, 5.41) is 0. The predicted octanol–water partition coefficient (Wildman–Crippen LogP) is 5.24. The molecule has 2 fully saturated rings. The zero-order chi connectivity index (χ0) is 21.1. The van der Waals surface area contributed by atoms with Crippen LogP contribution in [0.25, 0.3) is 0 Å². The minimum Gasteiger partial charge on any atom is -0.346 e. The number of hydrogen-bond donors (Lipinski definition) is 0. The van der Waals surface area contributed by atoms with Crippen molar-refractivity contribution in [2.24, 2.45) is 4.99 Å². The van der Waals surface area contributed by atoms with Crippen molar-refractivity contribution in [3.05, 3.63) is 71.9 Å². The summed E-state index contributed by atoms with van der Waals surface area (Å²) in [7, 11) is 0. The van der Waals surface area contributed by atoms with Gasteiger partial charge in [0.1, 0.15) is 17.5 Å². The van der Waals surface area contributed by atoms with Gasteiger partial charge in [-0.15, -0.1) is 6.58 Å². The van der Waals surface area contributed by atoms with Crippen molar-refractivity contribution in [2.45, 2.75) is 50.6 Å². The van der Waals surface area contributed by atoms with Crippen molar-refractivity contribution >= 4 is 5.84 Å². The van der Waals surface area contributed by atoms with E-state index in [1.54, 1.807) is 24.3 Å². The summed E-state index contributed by atoms with van der Waals surface area (Å²) >= 11 is 0. The summed E-state index contributed by atoms with van der Waals surface area (Å²) in [5.41, 5.74) is 2.31. The van der Waals surface area contributed by atoms with Gasteiger partial charge >= 0.3 is 0 Å². The highest BCUT2D eigenvalue weighted by atomic mass is 19.1. The number of aliphatic imine (C=N–C) groups is 1. The third-order valence-electron chi connectivity index (χ3n) is 6.70. The Balaban J connectivity index is 1.47. The van der Waals surface area contributed by atoms with Crippen LogP contribution in [0.1, 0.15) is 44.1 Å². The lowest BCUT2D eigenvalue weighted by Crippen LogP contribution is -2.53. The molecule has 3 nitrogen and oxygen atoms in total. The molecule has 0 aromatic heterocycles. The molecule has 1 aromatic carbocycles. The molecule has 0 N–H and O–H groups in total. The number of hydrogen-bond acceptors (Lipinski definition) is 3. The van der Waals surface area contributed by atoms with Crippen LogP contribution in [0.15, 0.2) is 65.5 Å². The van der Waals surface area contributed by atoms with Crippen LogP contribution >= 0.6 is 0 Å². The van der Waals surface area contributed by atoms with Gasteiger partial charge in [0.05, 0.1) is 19.1 Å². The number of benzene rings is 1. The van der Waals surface area contributed by atoms with E-state index in [9.17, 15) is 8.78 Å². The van der Waals surface area contributed by atoms with E-state index in [0.717, 1.165) is 56.7 Å². The number of amidine groups is 1. The molecule has 30 heavy (non-hydrogen) atoms. The molecule has 0 spiro atoms. The van der Waals surface area contributed by atoms with Crippen LogP contribution in [-0.4, -0.2) is 53.9 Å². The van der Waals surface area contributed by atoms with Gasteiger partial charge in [-0.1, -0.05) is 18.2 Å². The van der Waals surface area contributed by atoms with Gasteiger partial charge in [-0.25, -0.2) is 8.78 Å². The molecule has 3 aliphatic heterocycles. The number of halogens is 2. The highest BCUT2D eigenvalue weighted by Crippen LogP contribution is 2.32. The molecule has 5 heteroatoms. The second-order valence-corrected chi connectivity index (χ2v) is 8.64. The first-order valence-corrected chi connectivity index (χ1v) is 11.0. The van der Waals surface area contributed by atoms with E-state index in [0.29, 0.717) is 18.5 Å². The Kier molecular flexibility index (Phi) is 6.47. The van der Waals surface area contributed by atoms with Gasteiger partial charge in [0.25, 0.3) is 0 Å². The van der Waals surface area contributed by atoms with Crippen molar-refractivity contribution in [3.63, 3.8) is 0 Å². The number of fused-ring (bicyclic) bond motifs is 2. The summed E-state index contributed by atoms with van der Waals surface area (Å²) in [6, 6.07) is 7.29. The third-order valence-corrected chi connectivity index (χ3v) is 6.70. The first kappa shape index (κ1) is 21.0. The van der Waals surface area contributed by atoms with Gasteiger partial charge in [0.2, 0.25) is 0 Å². The molecular weight excluding hydrogens is 380 g/mol. The average Bonchev–Trinajstić information content (AvgIpc) is 2.79. The molecule has 0 aliphatic carbocycles. The lowest BCUT2D eigenvalue weighted by Gasteiger charge is -2.44. The number of nitrogens with zero attached hydrogens (tertiary/aromatic N) is 3. The maximum absolute atomic E-state index is 14.2. The van der Waals surface area contributed by atoms with Gasteiger partial charge in [-0.3, -0.25) is 9.89 Å². The van der Waals surface area contributed by atoms with Gasteiger partial charge in [0, 0.05) is 6.04 Å². The molecule has 0 radical (unpaired) electrons. The fraction of sp³-hybridized carbons (Fsp3) is 0.480. The number of piperidine rings is 2. The standard InChI is InChI=1S/C25H31F2N3/c1-3-24-21-5-4-18(2)30(24)25(28-13-10-23(27)16-21)17-29-14-11-20(12-15-29)19-6-8-22(26)9-7-19/h3,6-10,16,18,20,24H,1,4-5,11-15,17H2,2H3/b21-16-,23-10+,28-25?. The van der Waals surface area contributed by atoms with Crippen molar-refractivity contribution in [3.8, 4) is 0 Å². The van der Waals surface area contributed by atoms with Gasteiger partial charge in [-0.05, 0) is 87.0 Å². The van der Waals surface area contributed by atoms with E-state index >= 15 is 0 Å². The minimum atomic E-state index is -0.198. The highest BCUT2D eigenvalue weighted by Gasteiger charge is 2.33. The number of likely N-dealkylation sites (tertiary alicyclic amines) is 1. The van der Waals surface area contributed by atoms with Gasteiger partial charge in [0.15, 0.2) is 0 Å². The van der Waals surface area contributed by atoms with E-state index in [1.165, 1.54) is 5.56 Å². The van der Waals surface area contributed by atoms with Crippen molar-refractivity contribution in [1.82, 2.24) is 9.80 Å². The van der Waals surface area contributed by atoms with Crippen LogP contribution in [0.5, 0.6) is 0 Å². The fourth-order valence-electron chi connectivity index (χ4n) is 5.00. The molecule has 2 saturated heterocycles. The average molecular weight is 412 g/mol. The molecule has 0 amide bonds. The molecular formula is C25H31F2N3. The quantitative estimate of drug-likeness (QED) is 0.632. The molecule has 3 aliphatic rings. The number of rotatable bonds is 4. The lowest BCUT2D eigenvalue weighted by molar-refractivity contribution is 0.209. The van der Waals surface area contributed by atoms with Gasteiger partial charge < -0.3 is 4.90 Å². The van der Waals surface area contributed by atoms with Crippen LogP contribution in [-0.2, 0) is 0 Å². The smallest absolute Gasteiger partial charge is 0.123 e. The Morgan fingerprint density at radius 3 is 2.57 bits per heavy atom. The molecule has 3 heterocycles. The monoisotopic (exact) mass is 411 g/mol. The second-order valence-electron chi connectivity index (χ2n) is 8.64. The van der Waals surface area contributed by atoms with Crippen LogP contribution in [0.4, 0.5) is 8.78 Å². The summed E-state index contributed by atoms with van der Waals surface area (Å²) in [5.74, 6) is 1.13. The SMILES string of the molecule is C=CC1/C2=C\C(F)=C/CN=C(CN3CCC(c4ccc(F)cc4)CC3)N1C(C)CC2. The first-order valence-electron chi connectivity index (χ1n) is 11.0. The second kappa shape index (κ2) is 9.25. The molecule has 2 unspecified atom stereocenters. The molecule has 1 aromatic rings. The Labute approximate surface area is 178 Å². The largest absolute Gasteiger partial charge is 0.346 e.